The lowest BCUT2D eigenvalue weighted by Gasteiger charge is -2.09. The van der Waals surface area contributed by atoms with Crippen LogP contribution in [-0.2, 0) is 0 Å². The van der Waals surface area contributed by atoms with E-state index in [4.69, 9.17) is 0 Å². The fourth-order valence-corrected chi connectivity index (χ4v) is 2.92. The first-order chi connectivity index (χ1) is 8.43. The summed E-state index contributed by atoms with van der Waals surface area (Å²) in [6.07, 6.45) is 1.82. The Bertz CT molecular complexity index is 553. The smallest absolute Gasteiger partial charge is 0.156 e. The van der Waals surface area contributed by atoms with Gasteiger partial charge in [-0.15, -0.1) is 5.10 Å². The highest BCUT2D eigenvalue weighted by molar-refractivity contribution is 5.91. The summed E-state index contributed by atoms with van der Waals surface area (Å²) in [7, 11) is 0. The van der Waals surface area contributed by atoms with Crippen LogP contribution in [0, 0.1) is 11.8 Å². The number of hydrogen-bond donors (Lipinski definition) is 2. The summed E-state index contributed by atoms with van der Waals surface area (Å²) in [5.74, 6) is 2.51. The highest BCUT2D eigenvalue weighted by atomic mass is 15.2. The van der Waals surface area contributed by atoms with Crippen LogP contribution in [0.15, 0.2) is 30.5 Å². The molecule has 0 radical (unpaired) electrons. The normalized spacial score (nSPS) is 30.2. The Labute approximate surface area is 99.4 Å². The van der Waals surface area contributed by atoms with Crippen LogP contribution in [0.2, 0.25) is 0 Å². The molecule has 86 valence electrons. The van der Waals surface area contributed by atoms with Crippen molar-refractivity contribution in [3.05, 3.63) is 30.5 Å². The Kier molecular flexibility index (Phi) is 1.87. The van der Waals surface area contributed by atoms with E-state index in [1.165, 1.54) is 5.39 Å². The van der Waals surface area contributed by atoms with Gasteiger partial charge in [0.25, 0.3) is 0 Å². The van der Waals surface area contributed by atoms with Crippen LogP contribution in [0.4, 0.5) is 5.82 Å². The second-order valence-electron chi connectivity index (χ2n) is 4.94. The minimum Gasteiger partial charge on any atom is -0.365 e. The van der Waals surface area contributed by atoms with Crippen LogP contribution in [0.3, 0.4) is 0 Å². The molecule has 2 N–H and O–H groups in total. The van der Waals surface area contributed by atoms with Crippen LogP contribution < -0.4 is 10.6 Å². The maximum absolute atomic E-state index is 4.23. The Morgan fingerprint density at radius 1 is 1.18 bits per heavy atom. The van der Waals surface area contributed by atoms with E-state index in [2.05, 4.69) is 33.0 Å². The van der Waals surface area contributed by atoms with Gasteiger partial charge in [-0.05, 0) is 11.8 Å². The standard InChI is InChI=1S/C13H14N4/c1-2-4-9-8(3-1)5-15-17-13(9)16-12-10-6-14-7-11(10)12/h1-5,10-12,14H,6-7H2,(H,16,17). The fourth-order valence-electron chi connectivity index (χ4n) is 2.92. The lowest BCUT2D eigenvalue weighted by molar-refractivity contribution is 0.695. The molecule has 0 spiro atoms. The zero-order chi connectivity index (χ0) is 11.2. The van der Waals surface area contributed by atoms with E-state index in [1.54, 1.807) is 0 Å². The molecule has 1 saturated heterocycles. The number of rotatable bonds is 2. The molecule has 2 atom stereocenters. The Balaban J connectivity index is 1.67. The number of nitrogens with zero attached hydrogens (tertiary/aromatic N) is 2. The number of aromatic nitrogens is 2. The molecule has 0 amide bonds. The third kappa shape index (κ3) is 1.41. The highest BCUT2D eigenvalue weighted by Gasteiger charge is 2.53. The van der Waals surface area contributed by atoms with E-state index in [9.17, 15) is 0 Å². The lowest BCUT2D eigenvalue weighted by Crippen LogP contribution is -2.21. The number of nitrogens with one attached hydrogen (secondary N) is 2. The maximum Gasteiger partial charge on any atom is 0.156 e. The van der Waals surface area contributed by atoms with E-state index < -0.39 is 0 Å². The molecule has 1 aliphatic heterocycles. The van der Waals surface area contributed by atoms with Crippen molar-refractivity contribution in [1.82, 2.24) is 15.5 Å². The van der Waals surface area contributed by atoms with E-state index in [0.717, 1.165) is 36.1 Å². The van der Waals surface area contributed by atoms with Crippen molar-refractivity contribution < 1.29 is 0 Å². The SMILES string of the molecule is c1ccc2c(NC3C4CNCC43)nncc2c1. The molecule has 2 unspecified atom stereocenters. The number of piperidine rings is 1. The molecule has 17 heavy (non-hydrogen) atoms. The maximum atomic E-state index is 4.23. The Hall–Kier alpha value is -1.68. The molecule has 2 aromatic rings. The van der Waals surface area contributed by atoms with Crippen LogP contribution in [0.25, 0.3) is 10.8 Å². The van der Waals surface area contributed by atoms with Gasteiger partial charge in [0.2, 0.25) is 0 Å². The number of hydrogen-bond acceptors (Lipinski definition) is 4. The predicted molar refractivity (Wildman–Crippen MR) is 66.8 cm³/mol. The molecule has 2 aliphatic rings. The number of fused-ring (bicyclic) bond motifs is 2. The van der Waals surface area contributed by atoms with Crippen molar-refractivity contribution in [2.75, 3.05) is 18.4 Å². The summed E-state index contributed by atoms with van der Waals surface area (Å²) in [6, 6.07) is 8.85. The van der Waals surface area contributed by atoms with Gasteiger partial charge >= 0.3 is 0 Å². The molecule has 1 aromatic carbocycles. The summed E-state index contributed by atoms with van der Waals surface area (Å²) < 4.78 is 0. The fraction of sp³-hybridized carbons (Fsp3) is 0.385. The van der Waals surface area contributed by atoms with E-state index in [1.807, 2.05) is 18.3 Å². The monoisotopic (exact) mass is 226 g/mol. The Morgan fingerprint density at radius 3 is 2.88 bits per heavy atom. The van der Waals surface area contributed by atoms with Gasteiger partial charge < -0.3 is 10.6 Å². The van der Waals surface area contributed by atoms with E-state index in [-0.39, 0.29) is 0 Å². The van der Waals surface area contributed by atoms with Gasteiger partial charge in [-0.1, -0.05) is 24.3 Å². The average molecular weight is 226 g/mol. The molecular formula is C13H14N4. The largest absolute Gasteiger partial charge is 0.365 e. The van der Waals surface area contributed by atoms with Crippen molar-refractivity contribution >= 4 is 16.6 Å². The van der Waals surface area contributed by atoms with Crippen LogP contribution in [0.5, 0.6) is 0 Å². The summed E-state index contributed by atoms with van der Waals surface area (Å²) in [6.45, 7) is 2.28. The van der Waals surface area contributed by atoms with Gasteiger partial charge in [0.1, 0.15) is 0 Å². The molecule has 1 saturated carbocycles. The first-order valence-corrected chi connectivity index (χ1v) is 6.11. The van der Waals surface area contributed by atoms with Crippen LogP contribution in [0.1, 0.15) is 0 Å². The van der Waals surface area contributed by atoms with Crippen molar-refractivity contribution in [3.8, 4) is 0 Å². The van der Waals surface area contributed by atoms with E-state index in [0.29, 0.717) is 6.04 Å². The van der Waals surface area contributed by atoms with E-state index >= 15 is 0 Å². The molecule has 4 heteroatoms. The third-order valence-corrected chi connectivity index (χ3v) is 3.97. The summed E-state index contributed by atoms with van der Waals surface area (Å²) in [5, 5.41) is 17.6. The van der Waals surface area contributed by atoms with Crippen LogP contribution >= 0.6 is 0 Å². The molecule has 2 heterocycles. The van der Waals surface area contributed by atoms with Gasteiger partial charge in [0, 0.05) is 29.9 Å². The van der Waals surface area contributed by atoms with Crippen molar-refractivity contribution in [2.24, 2.45) is 11.8 Å². The third-order valence-electron chi connectivity index (χ3n) is 3.97. The summed E-state index contributed by atoms with van der Waals surface area (Å²) in [4.78, 5) is 0. The first kappa shape index (κ1) is 9.36. The molecule has 1 aromatic heterocycles. The van der Waals surface area contributed by atoms with Gasteiger partial charge in [-0.3, -0.25) is 0 Å². The molecule has 4 rings (SSSR count). The topological polar surface area (TPSA) is 49.8 Å². The molecule has 1 aliphatic carbocycles. The van der Waals surface area contributed by atoms with Gasteiger partial charge in [-0.2, -0.15) is 5.10 Å². The minimum absolute atomic E-state index is 0.594. The quantitative estimate of drug-likeness (QED) is 0.809. The lowest BCUT2D eigenvalue weighted by atomic mass is 10.2. The van der Waals surface area contributed by atoms with Crippen molar-refractivity contribution in [3.63, 3.8) is 0 Å². The molecule has 2 fully saturated rings. The second-order valence-corrected chi connectivity index (χ2v) is 4.94. The summed E-state index contributed by atoms with van der Waals surface area (Å²) >= 11 is 0. The predicted octanol–water partition coefficient (Wildman–Crippen LogP) is 1.26. The van der Waals surface area contributed by atoms with Crippen molar-refractivity contribution in [2.45, 2.75) is 6.04 Å². The Morgan fingerprint density at radius 2 is 2.00 bits per heavy atom. The minimum atomic E-state index is 0.594. The average Bonchev–Trinajstić information content (AvgIpc) is 2.83. The van der Waals surface area contributed by atoms with Gasteiger partial charge in [-0.25, -0.2) is 0 Å². The number of benzene rings is 1. The van der Waals surface area contributed by atoms with Crippen molar-refractivity contribution in [1.29, 1.82) is 0 Å². The zero-order valence-corrected chi connectivity index (χ0v) is 9.43. The van der Waals surface area contributed by atoms with Gasteiger partial charge in [0.15, 0.2) is 5.82 Å². The second kappa shape index (κ2) is 3.40. The van der Waals surface area contributed by atoms with Gasteiger partial charge in [0.05, 0.1) is 6.20 Å². The summed E-state index contributed by atoms with van der Waals surface area (Å²) in [5.41, 5.74) is 0. The molecule has 0 bridgehead atoms. The number of anilines is 1. The van der Waals surface area contributed by atoms with Crippen LogP contribution in [-0.4, -0.2) is 29.3 Å². The molecule has 4 nitrogen and oxygen atoms in total. The zero-order valence-electron chi connectivity index (χ0n) is 9.43. The molecular weight excluding hydrogens is 212 g/mol. The first-order valence-electron chi connectivity index (χ1n) is 6.11. The highest BCUT2D eigenvalue weighted by Crippen LogP contribution is 2.43.